The Hall–Kier alpha value is -1.90. The quantitative estimate of drug-likeness (QED) is 0.767. The summed E-state index contributed by atoms with van der Waals surface area (Å²) in [5.74, 6) is -0.202. The first-order valence-electron chi connectivity index (χ1n) is 4.58. The van der Waals surface area contributed by atoms with Gasteiger partial charge in [0.2, 0.25) is 5.91 Å². The Morgan fingerprint density at radius 2 is 2.07 bits per heavy atom. The Balaban J connectivity index is 3.32. The number of carbonyl (C=O) groups excluding carboxylic acids is 2. The third-order valence-corrected chi connectivity index (χ3v) is 1.98. The van der Waals surface area contributed by atoms with Crippen molar-refractivity contribution in [1.82, 2.24) is 0 Å². The van der Waals surface area contributed by atoms with E-state index in [2.05, 4.69) is 11.9 Å². The Kier molecular flexibility index (Phi) is 3.39. The molecule has 0 aliphatic carbocycles. The number of rotatable bonds is 3. The zero-order valence-electron chi connectivity index (χ0n) is 8.83. The van der Waals surface area contributed by atoms with Crippen LogP contribution in [0.2, 0.25) is 0 Å². The van der Waals surface area contributed by atoms with E-state index < -0.39 is 0 Å². The molecule has 3 heteroatoms. The lowest BCUT2D eigenvalue weighted by Gasteiger charge is -2.11. The minimum atomic E-state index is -0.202. The highest BCUT2D eigenvalue weighted by molar-refractivity contribution is 5.99. The van der Waals surface area contributed by atoms with Crippen molar-refractivity contribution >= 4 is 23.5 Å². The molecule has 1 amide bonds. The number of anilines is 1. The first-order valence-corrected chi connectivity index (χ1v) is 4.58. The van der Waals surface area contributed by atoms with Crippen LogP contribution in [0, 0.1) is 0 Å². The van der Waals surface area contributed by atoms with Crippen molar-refractivity contribution < 1.29 is 9.59 Å². The van der Waals surface area contributed by atoms with Crippen LogP contribution in [0.15, 0.2) is 24.8 Å². The molecule has 0 spiro atoms. The van der Waals surface area contributed by atoms with Crippen molar-refractivity contribution in [3.63, 3.8) is 0 Å². The summed E-state index contributed by atoms with van der Waals surface area (Å²) >= 11 is 0. The first-order chi connectivity index (χ1) is 7.06. The molecule has 0 heterocycles. The molecule has 0 fully saturated rings. The zero-order chi connectivity index (χ0) is 11.4. The van der Waals surface area contributed by atoms with Crippen LogP contribution in [0.4, 0.5) is 5.69 Å². The van der Waals surface area contributed by atoms with Gasteiger partial charge in [-0.2, -0.15) is 0 Å². The molecule has 0 bridgehead atoms. The van der Waals surface area contributed by atoms with Gasteiger partial charge in [-0.15, -0.1) is 0 Å². The molecule has 15 heavy (non-hydrogen) atoms. The fourth-order valence-corrected chi connectivity index (χ4v) is 1.34. The summed E-state index contributed by atoms with van der Waals surface area (Å²) < 4.78 is 0. The SMILES string of the molecule is C=C(C)c1cccc(C=O)c1NC(C)=O. The lowest BCUT2D eigenvalue weighted by Crippen LogP contribution is -2.10. The molecule has 0 radical (unpaired) electrons. The topological polar surface area (TPSA) is 46.2 Å². The average Bonchev–Trinajstić information content (AvgIpc) is 2.16. The van der Waals surface area contributed by atoms with E-state index >= 15 is 0 Å². The number of hydrogen-bond acceptors (Lipinski definition) is 2. The second kappa shape index (κ2) is 4.55. The van der Waals surface area contributed by atoms with Crippen LogP contribution >= 0.6 is 0 Å². The lowest BCUT2D eigenvalue weighted by molar-refractivity contribution is -0.114. The lowest BCUT2D eigenvalue weighted by atomic mass is 10.0. The van der Waals surface area contributed by atoms with E-state index in [0.717, 1.165) is 17.4 Å². The van der Waals surface area contributed by atoms with Crippen LogP contribution in [-0.2, 0) is 4.79 Å². The number of allylic oxidation sites excluding steroid dienone is 1. The van der Waals surface area contributed by atoms with Gasteiger partial charge in [0.05, 0.1) is 5.69 Å². The minimum absolute atomic E-state index is 0.202. The number of nitrogens with one attached hydrogen (secondary N) is 1. The van der Waals surface area contributed by atoms with Crippen LogP contribution < -0.4 is 5.32 Å². The number of para-hydroxylation sites is 1. The highest BCUT2D eigenvalue weighted by atomic mass is 16.1. The largest absolute Gasteiger partial charge is 0.325 e. The Morgan fingerprint density at radius 3 is 2.53 bits per heavy atom. The molecular formula is C12H13NO2. The molecular weight excluding hydrogens is 190 g/mol. The Labute approximate surface area is 88.8 Å². The maximum atomic E-state index is 11.0. The maximum absolute atomic E-state index is 11.0. The van der Waals surface area contributed by atoms with E-state index in [0.29, 0.717) is 11.3 Å². The van der Waals surface area contributed by atoms with Gasteiger partial charge in [0.25, 0.3) is 0 Å². The molecule has 0 atom stereocenters. The van der Waals surface area contributed by atoms with E-state index in [1.54, 1.807) is 12.1 Å². The summed E-state index contributed by atoms with van der Waals surface area (Å²) in [4.78, 5) is 21.8. The molecule has 1 N–H and O–H groups in total. The normalized spacial score (nSPS) is 9.47. The summed E-state index contributed by atoms with van der Waals surface area (Å²) in [6.07, 6.45) is 0.720. The molecule has 0 saturated carbocycles. The van der Waals surface area contributed by atoms with Crippen molar-refractivity contribution in [2.45, 2.75) is 13.8 Å². The predicted molar refractivity (Wildman–Crippen MR) is 60.8 cm³/mol. The molecule has 0 aliphatic heterocycles. The van der Waals surface area contributed by atoms with Gasteiger partial charge in [-0.1, -0.05) is 18.7 Å². The Morgan fingerprint density at radius 1 is 1.40 bits per heavy atom. The molecule has 0 unspecified atom stereocenters. The van der Waals surface area contributed by atoms with E-state index in [4.69, 9.17) is 0 Å². The van der Waals surface area contributed by atoms with E-state index in [-0.39, 0.29) is 5.91 Å². The maximum Gasteiger partial charge on any atom is 0.221 e. The predicted octanol–water partition coefficient (Wildman–Crippen LogP) is 2.49. The van der Waals surface area contributed by atoms with E-state index in [1.807, 2.05) is 13.0 Å². The van der Waals surface area contributed by atoms with Gasteiger partial charge in [0.15, 0.2) is 6.29 Å². The number of carbonyl (C=O) groups is 2. The summed E-state index contributed by atoms with van der Waals surface area (Å²) in [6.45, 7) is 7.04. The molecule has 0 aliphatic rings. The molecule has 78 valence electrons. The van der Waals surface area contributed by atoms with Crippen molar-refractivity contribution in [2.75, 3.05) is 5.32 Å². The average molecular weight is 203 g/mol. The van der Waals surface area contributed by atoms with Crippen molar-refractivity contribution in [1.29, 1.82) is 0 Å². The van der Waals surface area contributed by atoms with Gasteiger partial charge in [-0.25, -0.2) is 0 Å². The fourth-order valence-electron chi connectivity index (χ4n) is 1.34. The third kappa shape index (κ3) is 2.53. The van der Waals surface area contributed by atoms with Crippen molar-refractivity contribution in [2.24, 2.45) is 0 Å². The monoisotopic (exact) mass is 203 g/mol. The number of benzene rings is 1. The molecule has 1 aromatic rings. The second-order valence-electron chi connectivity index (χ2n) is 3.35. The number of hydrogen-bond donors (Lipinski definition) is 1. The van der Waals surface area contributed by atoms with Gasteiger partial charge < -0.3 is 5.32 Å². The van der Waals surface area contributed by atoms with Crippen LogP contribution in [0.5, 0.6) is 0 Å². The second-order valence-corrected chi connectivity index (χ2v) is 3.35. The highest BCUT2D eigenvalue weighted by Crippen LogP contribution is 2.25. The van der Waals surface area contributed by atoms with Gasteiger partial charge in [0, 0.05) is 18.1 Å². The van der Waals surface area contributed by atoms with Crippen LogP contribution in [0.1, 0.15) is 29.8 Å². The van der Waals surface area contributed by atoms with E-state index in [9.17, 15) is 9.59 Å². The molecule has 0 saturated heterocycles. The van der Waals surface area contributed by atoms with Crippen molar-refractivity contribution in [3.8, 4) is 0 Å². The highest BCUT2D eigenvalue weighted by Gasteiger charge is 2.09. The molecule has 3 nitrogen and oxygen atoms in total. The molecule has 1 rings (SSSR count). The molecule has 0 aromatic heterocycles. The smallest absolute Gasteiger partial charge is 0.221 e. The summed E-state index contributed by atoms with van der Waals surface area (Å²) in [5.41, 5.74) is 2.59. The number of aldehydes is 1. The fraction of sp³-hybridized carbons (Fsp3) is 0.167. The van der Waals surface area contributed by atoms with Crippen LogP contribution in [0.3, 0.4) is 0 Å². The van der Waals surface area contributed by atoms with Gasteiger partial charge in [-0.05, 0) is 18.6 Å². The first kappa shape index (κ1) is 11.2. The van der Waals surface area contributed by atoms with Crippen LogP contribution in [0.25, 0.3) is 5.57 Å². The third-order valence-electron chi connectivity index (χ3n) is 1.98. The summed E-state index contributed by atoms with van der Waals surface area (Å²) in [6, 6.07) is 5.24. The minimum Gasteiger partial charge on any atom is -0.325 e. The Bertz CT molecular complexity index is 422. The molecule has 1 aromatic carbocycles. The summed E-state index contributed by atoms with van der Waals surface area (Å²) in [7, 11) is 0. The van der Waals surface area contributed by atoms with Gasteiger partial charge in [0.1, 0.15) is 0 Å². The van der Waals surface area contributed by atoms with Gasteiger partial charge in [-0.3, -0.25) is 9.59 Å². The van der Waals surface area contributed by atoms with Gasteiger partial charge >= 0.3 is 0 Å². The van der Waals surface area contributed by atoms with E-state index in [1.165, 1.54) is 6.92 Å². The zero-order valence-corrected chi connectivity index (χ0v) is 8.83. The number of amides is 1. The van der Waals surface area contributed by atoms with Crippen LogP contribution in [-0.4, -0.2) is 12.2 Å². The summed E-state index contributed by atoms with van der Waals surface area (Å²) in [5, 5.41) is 2.64. The van der Waals surface area contributed by atoms with Crippen molar-refractivity contribution in [3.05, 3.63) is 35.9 Å². The standard InChI is InChI=1S/C12H13NO2/c1-8(2)11-6-4-5-10(7-14)12(11)13-9(3)15/h4-7H,1H2,2-3H3,(H,13,15).